The highest BCUT2D eigenvalue weighted by Gasteiger charge is 2.27. The Morgan fingerprint density at radius 2 is 2.20 bits per heavy atom. The highest BCUT2D eigenvalue weighted by Crippen LogP contribution is 2.21. The first kappa shape index (κ1) is 17.2. The van der Waals surface area contributed by atoms with Crippen molar-refractivity contribution in [3.63, 3.8) is 0 Å². The highest BCUT2D eigenvalue weighted by atomic mass is 16.5. The van der Waals surface area contributed by atoms with Gasteiger partial charge in [0.1, 0.15) is 11.5 Å². The smallest absolute Gasteiger partial charge is 0.287 e. The first-order valence-electron chi connectivity index (χ1n) is 8.38. The summed E-state index contributed by atoms with van der Waals surface area (Å²) in [6, 6.07) is 3.55. The van der Waals surface area contributed by atoms with Gasteiger partial charge in [0.15, 0.2) is 5.82 Å². The molecule has 134 valence electrons. The molecule has 3 heterocycles. The lowest BCUT2D eigenvalue weighted by Crippen LogP contribution is -2.28. The molecule has 0 spiro atoms. The van der Waals surface area contributed by atoms with Crippen molar-refractivity contribution in [2.45, 2.75) is 32.4 Å². The summed E-state index contributed by atoms with van der Waals surface area (Å²) in [6.07, 6.45) is 4.25. The van der Waals surface area contributed by atoms with Crippen LogP contribution in [0.5, 0.6) is 0 Å². The topological polar surface area (TPSA) is 98.4 Å². The van der Waals surface area contributed by atoms with Gasteiger partial charge in [0.2, 0.25) is 0 Å². The zero-order chi connectivity index (χ0) is 17.6. The predicted octanol–water partition coefficient (Wildman–Crippen LogP) is 1.12. The highest BCUT2D eigenvalue weighted by molar-refractivity contribution is 5.97. The molecule has 8 heteroatoms. The molecule has 0 saturated carbocycles. The number of nitrogens with zero attached hydrogens (tertiary/aromatic N) is 2. The molecule has 8 nitrogen and oxygen atoms in total. The van der Waals surface area contributed by atoms with Crippen LogP contribution < -0.4 is 10.6 Å². The quantitative estimate of drug-likeness (QED) is 0.732. The second-order valence-electron chi connectivity index (χ2n) is 5.85. The molecule has 2 aromatic rings. The molecule has 0 atom stereocenters. The number of amides is 2. The number of hydrogen-bond donors (Lipinski definition) is 2. The molecule has 2 amide bonds. The first-order valence-corrected chi connectivity index (χ1v) is 8.38. The summed E-state index contributed by atoms with van der Waals surface area (Å²) in [7, 11) is 1.58. The molecule has 0 bridgehead atoms. The van der Waals surface area contributed by atoms with Crippen molar-refractivity contribution in [1.82, 2.24) is 20.2 Å². The Labute approximate surface area is 145 Å². The lowest BCUT2D eigenvalue weighted by molar-refractivity contribution is 0.0930. The molecule has 0 aromatic carbocycles. The van der Waals surface area contributed by atoms with Crippen LogP contribution in [0, 0.1) is 0 Å². The molecular formula is C17H22N4O4. The van der Waals surface area contributed by atoms with E-state index in [-0.39, 0.29) is 24.2 Å². The Kier molecular flexibility index (Phi) is 5.49. The summed E-state index contributed by atoms with van der Waals surface area (Å²) in [6.45, 7) is 1.81. The van der Waals surface area contributed by atoms with Crippen LogP contribution in [0.25, 0.3) is 0 Å². The molecular weight excluding hydrogens is 324 g/mol. The second kappa shape index (κ2) is 7.98. The Morgan fingerprint density at radius 1 is 1.32 bits per heavy atom. The standard InChI is InChI=1S/C17H22N4O4/c1-24-10-7-18-16(22)14-13-6-2-3-8-21(13)15(20-14)17(23)19-11-12-5-4-9-25-12/h4-5,9H,2-3,6-8,10-11H2,1H3,(H,18,22)(H,19,23). The van der Waals surface area contributed by atoms with E-state index in [0.717, 1.165) is 25.0 Å². The number of fused-ring (bicyclic) bond motifs is 1. The number of furan rings is 1. The largest absolute Gasteiger partial charge is 0.467 e. The van der Waals surface area contributed by atoms with Crippen LogP contribution in [-0.4, -0.2) is 41.6 Å². The molecule has 3 rings (SSSR count). The molecule has 25 heavy (non-hydrogen) atoms. The average Bonchev–Trinajstić information content (AvgIpc) is 3.27. The maximum absolute atomic E-state index is 12.5. The van der Waals surface area contributed by atoms with Crippen LogP contribution in [0.15, 0.2) is 22.8 Å². The Hall–Kier alpha value is -2.61. The number of carbonyl (C=O) groups is 2. The number of aromatic nitrogens is 2. The average molecular weight is 346 g/mol. The molecule has 0 aliphatic carbocycles. The van der Waals surface area contributed by atoms with Gasteiger partial charge in [-0.05, 0) is 31.4 Å². The van der Waals surface area contributed by atoms with Gasteiger partial charge in [0.25, 0.3) is 11.8 Å². The third-order valence-corrected chi connectivity index (χ3v) is 4.13. The Morgan fingerprint density at radius 3 is 2.96 bits per heavy atom. The molecule has 1 aliphatic rings. The van der Waals surface area contributed by atoms with Gasteiger partial charge >= 0.3 is 0 Å². The number of nitrogens with one attached hydrogen (secondary N) is 2. The molecule has 2 N–H and O–H groups in total. The second-order valence-corrected chi connectivity index (χ2v) is 5.85. The van der Waals surface area contributed by atoms with Crippen molar-refractivity contribution < 1.29 is 18.7 Å². The van der Waals surface area contributed by atoms with Gasteiger partial charge in [0.05, 0.1) is 25.1 Å². The van der Waals surface area contributed by atoms with Crippen molar-refractivity contribution in [2.75, 3.05) is 20.3 Å². The Bertz CT molecular complexity index is 736. The van der Waals surface area contributed by atoms with E-state index in [1.54, 1.807) is 25.5 Å². The molecule has 0 unspecified atom stereocenters. The minimum Gasteiger partial charge on any atom is -0.467 e. The summed E-state index contributed by atoms with van der Waals surface area (Å²) in [5.74, 6) is 0.359. The fourth-order valence-electron chi connectivity index (χ4n) is 2.91. The normalized spacial score (nSPS) is 13.3. The summed E-state index contributed by atoms with van der Waals surface area (Å²) in [5.41, 5.74) is 1.16. The van der Waals surface area contributed by atoms with Gasteiger partial charge in [0, 0.05) is 20.2 Å². The monoisotopic (exact) mass is 346 g/mol. The van der Waals surface area contributed by atoms with Crippen LogP contribution >= 0.6 is 0 Å². The number of hydrogen-bond acceptors (Lipinski definition) is 5. The minimum atomic E-state index is -0.310. The van der Waals surface area contributed by atoms with Crippen molar-refractivity contribution in [3.05, 3.63) is 41.4 Å². The zero-order valence-electron chi connectivity index (χ0n) is 14.2. The van der Waals surface area contributed by atoms with Crippen LogP contribution in [0.2, 0.25) is 0 Å². The third kappa shape index (κ3) is 3.90. The van der Waals surface area contributed by atoms with Crippen LogP contribution in [0.1, 0.15) is 45.4 Å². The molecule has 0 fully saturated rings. The van der Waals surface area contributed by atoms with Crippen LogP contribution in [-0.2, 0) is 24.2 Å². The number of methoxy groups -OCH3 is 1. The van der Waals surface area contributed by atoms with Crippen molar-refractivity contribution in [3.8, 4) is 0 Å². The van der Waals surface area contributed by atoms with Gasteiger partial charge < -0.3 is 24.4 Å². The van der Waals surface area contributed by atoms with E-state index in [1.165, 1.54) is 0 Å². The lowest BCUT2D eigenvalue weighted by Gasteiger charge is -2.17. The van der Waals surface area contributed by atoms with Crippen molar-refractivity contribution in [2.24, 2.45) is 0 Å². The molecule has 0 radical (unpaired) electrons. The predicted molar refractivity (Wildman–Crippen MR) is 89.3 cm³/mol. The number of ether oxygens (including phenoxy) is 1. The fraction of sp³-hybridized carbons (Fsp3) is 0.471. The van der Waals surface area contributed by atoms with E-state index in [1.807, 2.05) is 4.57 Å². The Balaban J connectivity index is 1.76. The molecule has 0 saturated heterocycles. The number of rotatable bonds is 7. The van der Waals surface area contributed by atoms with E-state index in [2.05, 4.69) is 15.6 Å². The lowest BCUT2D eigenvalue weighted by atomic mass is 10.1. The third-order valence-electron chi connectivity index (χ3n) is 4.13. The summed E-state index contributed by atoms with van der Waals surface area (Å²) < 4.78 is 12.0. The van der Waals surface area contributed by atoms with Gasteiger partial charge in [-0.1, -0.05) is 0 Å². The summed E-state index contributed by atoms with van der Waals surface area (Å²) >= 11 is 0. The molecule has 1 aliphatic heterocycles. The summed E-state index contributed by atoms with van der Waals surface area (Å²) in [4.78, 5) is 29.2. The number of imidazole rings is 1. The van der Waals surface area contributed by atoms with Crippen LogP contribution in [0.3, 0.4) is 0 Å². The van der Waals surface area contributed by atoms with Crippen molar-refractivity contribution in [1.29, 1.82) is 0 Å². The maximum Gasteiger partial charge on any atom is 0.287 e. The molecule has 2 aromatic heterocycles. The van der Waals surface area contributed by atoms with E-state index in [4.69, 9.17) is 9.15 Å². The van der Waals surface area contributed by atoms with E-state index in [9.17, 15) is 9.59 Å². The van der Waals surface area contributed by atoms with E-state index in [0.29, 0.717) is 31.2 Å². The summed E-state index contributed by atoms with van der Waals surface area (Å²) in [5, 5.41) is 5.56. The van der Waals surface area contributed by atoms with Gasteiger partial charge in [-0.25, -0.2) is 4.98 Å². The number of carbonyl (C=O) groups excluding carboxylic acids is 2. The fourth-order valence-corrected chi connectivity index (χ4v) is 2.91. The van der Waals surface area contributed by atoms with Gasteiger partial charge in [-0.3, -0.25) is 9.59 Å². The van der Waals surface area contributed by atoms with Gasteiger partial charge in [-0.15, -0.1) is 0 Å². The SMILES string of the molecule is COCCNC(=O)c1nc(C(=O)NCc2ccco2)n2c1CCCC2. The first-order chi connectivity index (χ1) is 12.2. The zero-order valence-corrected chi connectivity index (χ0v) is 14.2. The van der Waals surface area contributed by atoms with Crippen molar-refractivity contribution >= 4 is 11.8 Å². The van der Waals surface area contributed by atoms with Gasteiger partial charge in [-0.2, -0.15) is 0 Å². The van der Waals surface area contributed by atoms with Crippen LogP contribution in [0.4, 0.5) is 0 Å². The maximum atomic E-state index is 12.5. The van der Waals surface area contributed by atoms with E-state index < -0.39 is 0 Å². The van der Waals surface area contributed by atoms with E-state index >= 15 is 0 Å². The minimum absolute atomic E-state index is 0.271.